The van der Waals surface area contributed by atoms with E-state index in [1.165, 1.54) is 0 Å². The summed E-state index contributed by atoms with van der Waals surface area (Å²) in [7, 11) is 0. The average molecular weight is 460 g/mol. The molecule has 0 bridgehead atoms. The Balaban J connectivity index is 1.29. The summed E-state index contributed by atoms with van der Waals surface area (Å²) >= 11 is 0. The number of H-pyrrole nitrogens is 1. The number of aromatic amines is 1. The first-order valence-electron chi connectivity index (χ1n) is 11.0. The van der Waals surface area contributed by atoms with E-state index in [-0.39, 0.29) is 49.2 Å². The number of rotatable bonds is 10. The fourth-order valence-corrected chi connectivity index (χ4v) is 3.90. The lowest BCUT2D eigenvalue weighted by Gasteiger charge is -2.34. The summed E-state index contributed by atoms with van der Waals surface area (Å²) in [6.45, 7) is 2.52. The second-order valence-electron chi connectivity index (χ2n) is 8.49. The van der Waals surface area contributed by atoms with Crippen molar-refractivity contribution in [1.29, 1.82) is 0 Å². The van der Waals surface area contributed by atoms with Crippen molar-refractivity contribution >= 4 is 22.8 Å². The van der Waals surface area contributed by atoms with Crippen LogP contribution in [0.25, 0.3) is 11.0 Å². The Kier molecular flexibility index (Phi) is 6.66. The second-order valence-corrected chi connectivity index (χ2v) is 8.49. The van der Waals surface area contributed by atoms with E-state index in [2.05, 4.69) is 30.9 Å². The van der Waals surface area contributed by atoms with Gasteiger partial charge in [-0.25, -0.2) is 18.4 Å². The molecule has 1 fully saturated rings. The van der Waals surface area contributed by atoms with Crippen LogP contribution in [-0.4, -0.2) is 38.0 Å². The van der Waals surface area contributed by atoms with Gasteiger partial charge in [-0.2, -0.15) is 0 Å². The van der Waals surface area contributed by atoms with Crippen molar-refractivity contribution in [2.75, 3.05) is 0 Å². The SMILES string of the molecule is CCCCc1nonc1C(=O)NCc1nc2ccc(CNC(=O)CC3CC(F)(F)C3)cc2[nH]1. The van der Waals surface area contributed by atoms with Gasteiger partial charge in [-0.05, 0) is 41.6 Å². The number of amides is 2. The van der Waals surface area contributed by atoms with Gasteiger partial charge >= 0.3 is 0 Å². The molecule has 4 rings (SSSR count). The smallest absolute Gasteiger partial charge is 0.275 e. The van der Waals surface area contributed by atoms with Gasteiger partial charge in [0, 0.05) is 25.8 Å². The van der Waals surface area contributed by atoms with E-state index < -0.39 is 5.92 Å². The number of imidazole rings is 1. The van der Waals surface area contributed by atoms with Gasteiger partial charge in [0.2, 0.25) is 11.8 Å². The molecule has 3 aromatic rings. The number of halogens is 2. The Morgan fingerprint density at radius 1 is 1.21 bits per heavy atom. The third kappa shape index (κ3) is 5.71. The van der Waals surface area contributed by atoms with E-state index >= 15 is 0 Å². The standard InChI is InChI=1S/C22H26F2N6O3/c1-2-3-4-16-20(30-33-29-16)21(32)26-12-18-27-15-6-5-13(7-17(15)28-18)11-25-19(31)8-14-9-22(23,24)10-14/h5-7,14H,2-4,8-12H2,1H3,(H,25,31)(H,26,32)(H,27,28). The number of alkyl halides is 2. The van der Waals surface area contributed by atoms with Crippen LogP contribution in [0, 0.1) is 5.92 Å². The molecular weight excluding hydrogens is 434 g/mol. The molecular formula is C22H26F2N6O3. The second kappa shape index (κ2) is 9.63. The molecule has 0 radical (unpaired) electrons. The molecule has 0 aliphatic heterocycles. The summed E-state index contributed by atoms with van der Waals surface area (Å²) < 4.78 is 30.5. The van der Waals surface area contributed by atoms with Crippen molar-refractivity contribution in [1.82, 2.24) is 30.9 Å². The largest absolute Gasteiger partial charge is 0.352 e. The van der Waals surface area contributed by atoms with Gasteiger partial charge < -0.3 is 15.6 Å². The van der Waals surface area contributed by atoms with Gasteiger partial charge in [-0.1, -0.05) is 24.6 Å². The minimum absolute atomic E-state index is 0.118. The van der Waals surface area contributed by atoms with Crippen molar-refractivity contribution in [3.8, 4) is 0 Å². The summed E-state index contributed by atoms with van der Waals surface area (Å²) in [5, 5.41) is 13.0. The number of unbranched alkanes of at least 4 members (excludes halogenated alkanes) is 1. The number of aryl methyl sites for hydroxylation is 1. The monoisotopic (exact) mass is 460 g/mol. The molecule has 1 saturated carbocycles. The lowest BCUT2D eigenvalue weighted by molar-refractivity contribution is -0.133. The van der Waals surface area contributed by atoms with Gasteiger partial charge in [0.15, 0.2) is 5.69 Å². The van der Waals surface area contributed by atoms with Crippen LogP contribution in [-0.2, 0) is 24.3 Å². The van der Waals surface area contributed by atoms with Crippen LogP contribution in [0.5, 0.6) is 0 Å². The Labute approximate surface area is 188 Å². The van der Waals surface area contributed by atoms with Crippen LogP contribution in [0.3, 0.4) is 0 Å². The molecule has 176 valence electrons. The summed E-state index contributed by atoms with van der Waals surface area (Å²) in [6, 6.07) is 5.51. The predicted molar refractivity (Wildman–Crippen MR) is 114 cm³/mol. The molecule has 2 heterocycles. The molecule has 3 N–H and O–H groups in total. The van der Waals surface area contributed by atoms with Gasteiger partial charge in [-0.3, -0.25) is 9.59 Å². The van der Waals surface area contributed by atoms with Crippen molar-refractivity contribution in [3.05, 3.63) is 41.0 Å². The molecule has 0 unspecified atom stereocenters. The minimum Gasteiger partial charge on any atom is -0.352 e. The maximum absolute atomic E-state index is 12.9. The van der Waals surface area contributed by atoms with Gasteiger partial charge in [0.25, 0.3) is 5.91 Å². The van der Waals surface area contributed by atoms with Crippen LogP contribution in [0.2, 0.25) is 0 Å². The molecule has 1 aromatic carbocycles. The molecule has 0 spiro atoms. The van der Waals surface area contributed by atoms with Crippen molar-refractivity contribution < 1.29 is 23.0 Å². The Bertz CT molecular complexity index is 1130. The van der Waals surface area contributed by atoms with Gasteiger partial charge in [0.05, 0.1) is 17.6 Å². The van der Waals surface area contributed by atoms with Gasteiger partial charge in [-0.15, -0.1) is 0 Å². The number of benzene rings is 1. The number of aromatic nitrogens is 4. The number of nitrogens with one attached hydrogen (secondary N) is 3. The van der Waals surface area contributed by atoms with E-state index in [0.29, 0.717) is 24.5 Å². The number of hydrogen-bond donors (Lipinski definition) is 3. The van der Waals surface area contributed by atoms with Crippen LogP contribution in [0.1, 0.15) is 66.6 Å². The van der Waals surface area contributed by atoms with E-state index in [9.17, 15) is 18.4 Å². The predicted octanol–water partition coefficient (Wildman–Crippen LogP) is 3.27. The molecule has 0 atom stereocenters. The van der Waals surface area contributed by atoms with Crippen molar-refractivity contribution in [2.45, 2.75) is 64.5 Å². The highest BCUT2D eigenvalue weighted by molar-refractivity contribution is 5.93. The molecule has 1 aliphatic carbocycles. The third-order valence-electron chi connectivity index (χ3n) is 5.69. The molecule has 9 nitrogen and oxygen atoms in total. The quantitative estimate of drug-likeness (QED) is 0.426. The molecule has 33 heavy (non-hydrogen) atoms. The fraction of sp³-hybridized carbons (Fsp3) is 0.500. The summed E-state index contributed by atoms with van der Waals surface area (Å²) in [6.07, 6.45) is 2.17. The molecule has 11 heteroatoms. The highest BCUT2D eigenvalue weighted by Crippen LogP contribution is 2.43. The molecule has 1 aliphatic rings. The van der Waals surface area contributed by atoms with Crippen LogP contribution >= 0.6 is 0 Å². The molecule has 2 amide bonds. The van der Waals surface area contributed by atoms with Crippen molar-refractivity contribution in [3.63, 3.8) is 0 Å². The van der Waals surface area contributed by atoms with Crippen LogP contribution in [0.4, 0.5) is 8.78 Å². The first-order valence-corrected chi connectivity index (χ1v) is 11.0. The van der Waals surface area contributed by atoms with E-state index in [0.717, 1.165) is 29.4 Å². The number of carbonyl (C=O) groups excluding carboxylic acids is 2. The number of fused-ring (bicyclic) bond motifs is 1. The lowest BCUT2D eigenvalue weighted by Crippen LogP contribution is -2.38. The zero-order valence-electron chi connectivity index (χ0n) is 18.3. The van der Waals surface area contributed by atoms with Crippen LogP contribution < -0.4 is 10.6 Å². The third-order valence-corrected chi connectivity index (χ3v) is 5.69. The fourth-order valence-electron chi connectivity index (χ4n) is 3.90. The highest BCUT2D eigenvalue weighted by Gasteiger charge is 2.45. The number of nitrogens with zero attached hydrogens (tertiary/aromatic N) is 3. The van der Waals surface area contributed by atoms with E-state index in [4.69, 9.17) is 4.63 Å². The summed E-state index contributed by atoms with van der Waals surface area (Å²) in [5.74, 6) is -2.91. The number of hydrogen-bond acceptors (Lipinski definition) is 6. The van der Waals surface area contributed by atoms with Crippen molar-refractivity contribution in [2.24, 2.45) is 5.92 Å². The summed E-state index contributed by atoms with van der Waals surface area (Å²) in [4.78, 5) is 32.0. The Morgan fingerprint density at radius 3 is 2.79 bits per heavy atom. The van der Waals surface area contributed by atoms with E-state index in [1.807, 2.05) is 25.1 Å². The van der Waals surface area contributed by atoms with Gasteiger partial charge in [0.1, 0.15) is 11.5 Å². The molecule has 0 saturated heterocycles. The highest BCUT2D eigenvalue weighted by atomic mass is 19.3. The number of carbonyl (C=O) groups is 2. The first-order chi connectivity index (χ1) is 15.8. The Hall–Kier alpha value is -3.37. The molecule has 2 aromatic heterocycles. The van der Waals surface area contributed by atoms with E-state index in [1.54, 1.807) is 0 Å². The maximum atomic E-state index is 12.9. The normalized spacial score (nSPS) is 15.4. The summed E-state index contributed by atoms with van der Waals surface area (Å²) in [5.41, 5.74) is 3.05. The minimum atomic E-state index is -2.61. The topological polar surface area (TPSA) is 126 Å². The zero-order chi connectivity index (χ0) is 23.4. The zero-order valence-corrected chi connectivity index (χ0v) is 18.3. The first kappa shape index (κ1) is 22.8. The van der Waals surface area contributed by atoms with Crippen LogP contribution in [0.15, 0.2) is 22.8 Å². The Morgan fingerprint density at radius 2 is 2.03 bits per heavy atom. The average Bonchev–Trinajstić information content (AvgIpc) is 3.39. The maximum Gasteiger partial charge on any atom is 0.275 e. The lowest BCUT2D eigenvalue weighted by atomic mass is 9.79.